The molecule has 0 saturated carbocycles. The van der Waals surface area contributed by atoms with Crippen LogP contribution in [-0.2, 0) is 25.8 Å². The predicted octanol–water partition coefficient (Wildman–Crippen LogP) is 4.20. The Kier molecular flexibility index (Phi) is 3.65. The third-order valence-corrected chi connectivity index (χ3v) is 6.95. The summed E-state index contributed by atoms with van der Waals surface area (Å²) in [5, 5.41) is 1.28. The average Bonchev–Trinajstić information content (AvgIpc) is 3.34. The average molecular weight is 385 g/mol. The second kappa shape index (κ2) is 6.34. The van der Waals surface area contributed by atoms with E-state index in [1.165, 1.54) is 34.2 Å². The van der Waals surface area contributed by atoms with Gasteiger partial charge in [0.15, 0.2) is 5.82 Å². The molecule has 4 heterocycles. The fourth-order valence-corrected chi connectivity index (χ4v) is 5.60. The molecule has 6 rings (SSSR count). The van der Waals surface area contributed by atoms with Gasteiger partial charge in [0, 0.05) is 41.7 Å². The van der Waals surface area contributed by atoms with Crippen molar-refractivity contribution in [2.75, 3.05) is 11.4 Å². The van der Waals surface area contributed by atoms with Gasteiger partial charge in [0.2, 0.25) is 0 Å². The van der Waals surface area contributed by atoms with Crippen molar-refractivity contribution in [2.24, 2.45) is 0 Å². The van der Waals surface area contributed by atoms with Crippen molar-refractivity contribution >= 4 is 27.4 Å². The van der Waals surface area contributed by atoms with Crippen LogP contribution in [0.25, 0.3) is 21.6 Å². The first kappa shape index (κ1) is 16.1. The van der Waals surface area contributed by atoms with E-state index >= 15 is 0 Å². The van der Waals surface area contributed by atoms with Crippen LogP contribution in [0.3, 0.4) is 0 Å². The van der Waals surface area contributed by atoms with Crippen LogP contribution in [-0.4, -0.2) is 26.5 Å². The maximum absolute atomic E-state index is 4.85. The molecular formula is C22H19N5S. The minimum atomic E-state index is 0.807. The molecule has 6 heteroatoms. The maximum Gasteiger partial charge on any atom is 0.159 e. The first-order chi connectivity index (χ1) is 13.9. The van der Waals surface area contributed by atoms with E-state index in [0.29, 0.717) is 0 Å². The molecule has 4 aromatic rings. The van der Waals surface area contributed by atoms with E-state index in [-0.39, 0.29) is 0 Å². The van der Waals surface area contributed by atoms with Crippen molar-refractivity contribution in [3.8, 4) is 11.4 Å². The van der Waals surface area contributed by atoms with E-state index in [9.17, 15) is 0 Å². The molecule has 1 aromatic carbocycles. The van der Waals surface area contributed by atoms with Crippen LogP contribution in [0.5, 0.6) is 0 Å². The van der Waals surface area contributed by atoms with E-state index in [1.54, 1.807) is 6.33 Å². The summed E-state index contributed by atoms with van der Waals surface area (Å²) in [4.78, 5) is 23.7. The van der Waals surface area contributed by atoms with E-state index in [4.69, 9.17) is 9.97 Å². The summed E-state index contributed by atoms with van der Waals surface area (Å²) in [6.45, 7) is 1.73. The highest BCUT2D eigenvalue weighted by Gasteiger charge is 2.26. The van der Waals surface area contributed by atoms with Crippen molar-refractivity contribution in [1.29, 1.82) is 0 Å². The minimum absolute atomic E-state index is 0.807. The molecule has 0 atom stereocenters. The molecule has 0 N–H and O–H groups in total. The number of fused-ring (bicyclic) bond motifs is 4. The Morgan fingerprint density at radius 3 is 2.82 bits per heavy atom. The van der Waals surface area contributed by atoms with Gasteiger partial charge >= 0.3 is 0 Å². The van der Waals surface area contributed by atoms with Gasteiger partial charge in [-0.3, -0.25) is 0 Å². The minimum Gasteiger partial charge on any atom is -0.351 e. The highest BCUT2D eigenvalue weighted by Crippen LogP contribution is 2.40. The fraction of sp³-hybridized carbons (Fsp3) is 0.273. The lowest BCUT2D eigenvalue weighted by atomic mass is 10.1. The molecule has 138 valence electrons. The number of aromatic nitrogens is 4. The standard InChI is InChI=1S/C22H19N5S/c1-2-5-14(6-3-1)20-23-11-15-12-27(10-9-17(15)26-20)21-19-16-7-4-8-18(16)28-22(19)25-13-24-21/h1-3,5-6,11,13H,4,7-10,12H2. The molecule has 0 unspecified atom stereocenters. The van der Waals surface area contributed by atoms with Crippen molar-refractivity contribution in [1.82, 2.24) is 19.9 Å². The van der Waals surface area contributed by atoms with Crippen molar-refractivity contribution in [3.63, 3.8) is 0 Å². The van der Waals surface area contributed by atoms with E-state index in [0.717, 1.165) is 53.7 Å². The van der Waals surface area contributed by atoms with Gasteiger partial charge in [0.1, 0.15) is 17.0 Å². The molecule has 0 spiro atoms. The molecule has 0 saturated heterocycles. The van der Waals surface area contributed by atoms with Crippen LogP contribution >= 0.6 is 11.3 Å². The molecule has 5 nitrogen and oxygen atoms in total. The first-order valence-electron chi connectivity index (χ1n) is 9.77. The Hall–Kier alpha value is -2.86. The number of hydrogen-bond donors (Lipinski definition) is 0. The molecule has 2 aliphatic rings. The molecule has 1 aliphatic carbocycles. The topological polar surface area (TPSA) is 54.8 Å². The molecule has 0 bridgehead atoms. The van der Waals surface area contributed by atoms with Crippen LogP contribution in [0.2, 0.25) is 0 Å². The Morgan fingerprint density at radius 1 is 0.964 bits per heavy atom. The zero-order chi connectivity index (χ0) is 18.5. The molecule has 0 radical (unpaired) electrons. The molecule has 0 fully saturated rings. The van der Waals surface area contributed by atoms with Crippen molar-refractivity contribution in [2.45, 2.75) is 32.2 Å². The lowest BCUT2D eigenvalue weighted by molar-refractivity contribution is 0.699. The zero-order valence-electron chi connectivity index (χ0n) is 15.4. The van der Waals surface area contributed by atoms with Gasteiger partial charge in [0.25, 0.3) is 0 Å². The summed E-state index contributed by atoms with van der Waals surface area (Å²) in [6.07, 6.45) is 8.22. The van der Waals surface area contributed by atoms with Gasteiger partial charge < -0.3 is 4.90 Å². The highest BCUT2D eigenvalue weighted by molar-refractivity contribution is 7.19. The number of anilines is 1. The lowest BCUT2D eigenvalue weighted by Gasteiger charge is -2.29. The number of benzene rings is 1. The second-order valence-corrected chi connectivity index (χ2v) is 8.52. The van der Waals surface area contributed by atoms with Crippen molar-refractivity contribution in [3.05, 3.63) is 64.6 Å². The number of aryl methyl sites for hydroxylation is 2. The molecular weight excluding hydrogens is 366 g/mol. The van der Waals surface area contributed by atoms with E-state index in [1.807, 2.05) is 35.7 Å². The summed E-state index contributed by atoms with van der Waals surface area (Å²) >= 11 is 1.85. The number of rotatable bonds is 2. The molecule has 3 aromatic heterocycles. The largest absolute Gasteiger partial charge is 0.351 e. The number of nitrogens with zero attached hydrogens (tertiary/aromatic N) is 5. The molecule has 1 aliphatic heterocycles. The summed E-state index contributed by atoms with van der Waals surface area (Å²) in [5.74, 6) is 1.90. The predicted molar refractivity (Wildman–Crippen MR) is 112 cm³/mol. The SMILES string of the molecule is c1ccc(-c2ncc3c(n2)CCN(c2ncnc4sc5c(c24)CCC5)C3)cc1. The normalized spacial score (nSPS) is 15.6. The Morgan fingerprint density at radius 2 is 1.89 bits per heavy atom. The van der Waals surface area contributed by atoms with Crippen LogP contribution < -0.4 is 4.90 Å². The van der Waals surface area contributed by atoms with Gasteiger partial charge in [-0.25, -0.2) is 19.9 Å². The zero-order valence-corrected chi connectivity index (χ0v) is 16.2. The third kappa shape index (κ3) is 2.52. The Balaban J connectivity index is 1.37. The Labute approximate surface area is 167 Å². The Bertz CT molecular complexity index is 1180. The number of hydrogen-bond acceptors (Lipinski definition) is 6. The van der Waals surface area contributed by atoms with Gasteiger partial charge in [-0.05, 0) is 24.8 Å². The van der Waals surface area contributed by atoms with Gasteiger partial charge in [-0.2, -0.15) is 0 Å². The highest BCUT2D eigenvalue weighted by atomic mass is 32.1. The van der Waals surface area contributed by atoms with Crippen LogP contribution in [0.15, 0.2) is 42.9 Å². The monoisotopic (exact) mass is 385 g/mol. The van der Waals surface area contributed by atoms with Gasteiger partial charge in [0.05, 0.1) is 11.1 Å². The summed E-state index contributed by atoms with van der Waals surface area (Å²) in [6, 6.07) is 10.2. The summed E-state index contributed by atoms with van der Waals surface area (Å²) in [5.41, 5.74) is 4.91. The van der Waals surface area contributed by atoms with Crippen LogP contribution in [0.1, 0.15) is 28.1 Å². The first-order valence-corrected chi connectivity index (χ1v) is 10.6. The van der Waals surface area contributed by atoms with Crippen LogP contribution in [0.4, 0.5) is 5.82 Å². The smallest absolute Gasteiger partial charge is 0.159 e. The summed E-state index contributed by atoms with van der Waals surface area (Å²) < 4.78 is 0. The van der Waals surface area contributed by atoms with Gasteiger partial charge in [-0.15, -0.1) is 11.3 Å². The fourth-order valence-electron chi connectivity index (χ4n) is 4.37. The van der Waals surface area contributed by atoms with E-state index < -0.39 is 0 Å². The number of thiophene rings is 1. The van der Waals surface area contributed by atoms with Crippen LogP contribution in [0, 0.1) is 0 Å². The van der Waals surface area contributed by atoms with Gasteiger partial charge in [-0.1, -0.05) is 30.3 Å². The maximum atomic E-state index is 4.85. The molecule has 28 heavy (non-hydrogen) atoms. The third-order valence-electron chi connectivity index (χ3n) is 5.75. The molecule has 0 amide bonds. The van der Waals surface area contributed by atoms with E-state index in [2.05, 4.69) is 27.0 Å². The summed E-state index contributed by atoms with van der Waals surface area (Å²) in [7, 11) is 0. The quantitative estimate of drug-likeness (QED) is 0.518. The second-order valence-electron chi connectivity index (χ2n) is 7.44. The lowest BCUT2D eigenvalue weighted by Crippen LogP contribution is -2.32. The van der Waals surface area contributed by atoms with Crippen molar-refractivity contribution < 1.29 is 0 Å².